The van der Waals surface area contributed by atoms with E-state index in [2.05, 4.69) is 63.8 Å². The monoisotopic (exact) mass is 313 g/mol. The number of piperidine rings is 1. The summed E-state index contributed by atoms with van der Waals surface area (Å²) in [5.41, 5.74) is 5.73. The number of likely N-dealkylation sites (tertiary alicyclic amines) is 1. The van der Waals surface area contributed by atoms with Gasteiger partial charge in [0.05, 0.1) is 0 Å². The Hall–Kier alpha value is -1.41. The molecule has 0 N–H and O–H groups in total. The second-order valence-electron chi connectivity index (χ2n) is 7.53. The van der Waals surface area contributed by atoms with Gasteiger partial charge in [-0.1, -0.05) is 50.6 Å². The number of allylic oxidation sites excluding steroid dienone is 1. The van der Waals surface area contributed by atoms with Crippen LogP contribution in [0.15, 0.2) is 29.8 Å². The zero-order chi connectivity index (χ0) is 17.0. The number of hydrogen-bond donors (Lipinski definition) is 0. The molecule has 1 saturated heterocycles. The minimum atomic E-state index is 0.242. The molecule has 2 nitrogen and oxygen atoms in total. The van der Waals surface area contributed by atoms with Crippen LogP contribution in [0.25, 0.3) is 5.57 Å². The average Bonchev–Trinajstić information content (AvgIpc) is 2.56. The summed E-state index contributed by atoms with van der Waals surface area (Å²) in [6.45, 7) is 14.1. The molecule has 1 aliphatic rings. The van der Waals surface area contributed by atoms with E-state index < -0.39 is 0 Å². The van der Waals surface area contributed by atoms with Gasteiger partial charge in [0.1, 0.15) is 5.78 Å². The number of benzene rings is 1. The Morgan fingerprint density at radius 1 is 1.09 bits per heavy atom. The first kappa shape index (κ1) is 17.9. The molecule has 0 aromatic heterocycles. The zero-order valence-electron chi connectivity index (χ0n) is 15.4. The molecule has 23 heavy (non-hydrogen) atoms. The van der Waals surface area contributed by atoms with E-state index in [4.69, 9.17) is 0 Å². The quantitative estimate of drug-likeness (QED) is 0.776. The Bertz CT molecular complexity index is 570. The maximum atomic E-state index is 11.3. The smallest absolute Gasteiger partial charge is 0.135 e. The van der Waals surface area contributed by atoms with Crippen molar-refractivity contribution in [1.29, 1.82) is 0 Å². The molecule has 0 spiro atoms. The van der Waals surface area contributed by atoms with Gasteiger partial charge in [-0.05, 0) is 42.4 Å². The SMILES string of the molecule is CCC(C)(C)c1ccc(/C(C)=C(\C)CN2CCC(=O)CC2)cc1. The van der Waals surface area contributed by atoms with Crippen molar-refractivity contribution in [3.8, 4) is 0 Å². The van der Waals surface area contributed by atoms with Gasteiger partial charge in [-0.15, -0.1) is 0 Å². The molecule has 2 heteroatoms. The predicted octanol–water partition coefficient (Wildman–Crippen LogP) is 4.83. The molecule has 1 heterocycles. The van der Waals surface area contributed by atoms with Gasteiger partial charge >= 0.3 is 0 Å². The minimum absolute atomic E-state index is 0.242. The number of carbonyl (C=O) groups is 1. The van der Waals surface area contributed by atoms with Crippen molar-refractivity contribution in [2.45, 2.75) is 59.3 Å². The van der Waals surface area contributed by atoms with Gasteiger partial charge in [0.15, 0.2) is 0 Å². The highest BCUT2D eigenvalue weighted by Crippen LogP contribution is 2.28. The lowest BCUT2D eigenvalue weighted by Gasteiger charge is -2.27. The van der Waals surface area contributed by atoms with Crippen molar-refractivity contribution in [2.75, 3.05) is 19.6 Å². The summed E-state index contributed by atoms with van der Waals surface area (Å²) in [5.74, 6) is 0.411. The Labute approximate surface area is 141 Å². The van der Waals surface area contributed by atoms with Crippen molar-refractivity contribution < 1.29 is 4.79 Å². The third-order valence-electron chi connectivity index (χ3n) is 5.50. The lowest BCUT2D eigenvalue weighted by Crippen LogP contribution is -2.35. The first-order valence-corrected chi connectivity index (χ1v) is 8.85. The van der Waals surface area contributed by atoms with E-state index in [1.54, 1.807) is 0 Å². The Morgan fingerprint density at radius 2 is 1.65 bits per heavy atom. The molecule has 2 rings (SSSR count). The van der Waals surface area contributed by atoms with E-state index in [0.29, 0.717) is 18.6 Å². The molecule has 0 saturated carbocycles. The fourth-order valence-electron chi connectivity index (χ4n) is 3.04. The number of nitrogens with zero attached hydrogens (tertiary/aromatic N) is 1. The van der Waals surface area contributed by atoms with Gasteiger partial charge in [0, 0.05) is 32.5 Å². The van der Waals surface area contributed by atoms with Crippen molar-refractivity contribution in [2.24, 2.45) is 0 Å². The highest BCUT2D eigenvalue weighted by molar-refractivity contribution is 5.79. The van der Waals surface area contributed by atoms with E-state index in [1.165, 1.54) is 22.3 Å². The Balaban J connectivity index is 2.08. The molecular weight excluding hydrogens is 282 g/mol. The van der Waals surface area contributed by atoms with E-state index in [0.717, 1.165) is 26.1 Å². The lowest BCUT2D eigenvalue weighted by molar-refractivity contribution is -0.121. The Kier molecular flexibility index (Phi) is 5.80. The van der Waals surface area contributed by atoms with E-state index >= 15 is 0 Å². The molecule has 126 valence electrons. The molecule has 0 unspecified atom stereocenters. The predicted molar refractivity (Wildman–Crippen MR) is 98.7 cm³/mol. The normalized spacial score (nSPS) is 18.0. The van der Waals surface area contributed by atoms with Crippen LogP contribution in [0.3, 0.4) is 0 Å². The summed E-state index contributed by atoms with van der Waals surface area (Å²) in [6, 6.07) is 9.06. The Morgan fingerprint density at radius 3 is 2.17 bits per heavy atom. The van der Waals surface area contributed by atoms with Crippen LogP contribution in [0.1, 0.15) is 65.0 Å². The number of Topliss-reactive ketones (excluding diaryl/α,β-unsaturated/α-hetero) is 1. The van der Waals surface area contributed by atoms with Crippen molar-refractivity contribution in [3.05, 3.63) is 41.0 Å². The fourth-order valence-corrected chi connectivity index (χ4v) is 3.04. The average molecular weight is 313 g/mol. The highest BCUT2D eigenvalue weighted by atomic mass is 16.1. The summed E-state index contributed by atoms with van der Waals surface area (Å²) in [6.07, 6.45) is 2.58. The maximum Gasteiger partial charge on any atom is 0.135 e. The van der Waals surface area contributed by atoms with Crippen LogP contribution >= 0.6 is 0 Å². The molecule has 1 aliphatic heterocycles. The summed E-state index contributed by atoms with van der Waals surface area (Å²) in [4.78, 5) is 13.7. The number of ketones is 1. The van der Waals surface area contributed by atoms with E-state index in [9.17, 15) is 4.79 Å². The van der Waals surface area contributed by atoms with Crippen molar-refractivity contribution >= 4 is 11.4 Å². The van der Waals surface area contributed by atoms with Gasteiger partial charge in [0.25, 0.3) is 0 Å². The zero-order valence-corrected chi connectivity index (χ0v) is 15.4. The van der Waals surface area contributed by atoms with Gasteiger partial charge < -0.3 is 0 Å². The topological polar surface area (TPSA) is 20.3 Å². The van der Waals surface area contributed by atoms with Crippen LogP contribution in [-0.2, 0) is 10.2 Å². The second kappa shape index (κ2) is 7.44. The van der Waals surface area contributed by atoms with Crippen LogP contribution in [-0.4, -0.2) is 30.3 Å². The van der Waals surface area contributed by atoms with Crippen LogP contribution in [0, 0.1) is 0 Å². The fraction of sp³-hybridized carbons (Fsp3) is 0.571. The molecule has 0 aliphatic carbocycles. The number of carbonyl (C=O) groups excluding carboxylic acids is 1. The number of rotatable bonds is 5. The second-order valence-corrected chi connectivity index (χ2v) is 7.53. The van der Waals surface area contributed by atoms with Gasteiger partial charge in [-0.2, -0.15) is 0 Å². The molecular formula is C21H31NO. The van der Waals surface area contributed by atoms with Gasteiger partial charge in [-0.25, -0.2) is 0 Å². The first-order valence-electron chi connectivity index (χ1n) is 8.85. The molecule has 0 radical (unpaired) electrons. The molecule has 0 bridgehead atoms. The third-order valence-corrected chi connectivity index (χ3v) is 5.50. The van der Waals surface area contributed by atoms with Crippen molar-refractivity contribution in [1.82, 2.24) is 4.90 Å². The summed E-state index contributed by atoms with van der Waals surface area (Å²) < 4.78 is 0. The third kappa shape index (κ3) is 4.54. The van der Waals surface area contributed by atoms with Crippen LogP contribution in [0.5, 0.6) is 0 Å². The van der Waals surface area contributed by atoms with Crippen LogP contribution in [0.2, 0.25) is 0 Å². The maximum absolute atomic E-state index is 11.3. The minimum Gasteiger partial charge on any atom is -0.300 e. The standard InChI is InChI=1S/C21H31NO/c1-6-21(4,5)19-9-7-18(8-10-19)17(3)16(2)15-22-13-11-20(23)12-14-22/h7-10H,6,11-15H2,1-5H3/b17-16+. The van der Waals surface area contributed by atoms with E-state index in [-0.39, 0.29) is 5.41 Å². The molecule has 1 aromatic rings. The number of hydrogen-bond acceptors (Lipinski definition) is 2. The largest absolute Gasteiger partial charge is 0.300 e. The summed E-state index contributed by atoms with van der Waals surface area (Å²) in [5, 5.41) is 0. The van der Waals surface area contributed by atoms with Crippen molar-refractivity contribution in [3.63, 3.8) is 0 Å². The first-order chi connectivity index (χ1) is 10.8. The van der Waals surface area contributed by atoms with Crippen LogP contribution < -0.4 is 0 Å². The highest BCUT2D eigenvalue weighted by Gasteiger charge is 2.18. The summed E-state index contributed by atoms with van der Waals surface area (Å²) in [7, 11) is 0. The van der Waals surface area contributed by atoms with Crippen LogP contribution in [0.4, 0.5) is 0 Å². The molecule has 0 amide bonds. The van der Waals surface area contributed by atoms with E-state index in [1.807, 2.05) is 0 Å². The molecule has 0 atom stereocenters. The lowest BCUT2D eigenvalue weighted by atomic mass is 9.81. The van der Waals surface area contributed by atoms with Gasteiger partial charge in [0.2, 0.25) is 0 Å². The molecule has 1 fully saturated rings. The molecule has 1 aromatic carbocycles. The summed E-state index contributed by atoms with van der Waals surface area (Å²) >= 11 is 0. The van der Waals surface area contributed by atoms with Gasteiger partial charge in [-0.3, -0.25) is 9.69 Å².